The van der Waals surface area contributed by atoms with E-state index in [0.717, 1.165) is 26.2 Å². The number of likely N-dealkylation sites (N-methyl/N-ethyl adjacent to an activating group) is 1. The van der Waals surface area contributed by atoms with E-state index in [-0.39, 0.29) is 11.1 Å². The van der Waals surface area contributed by atoms with Crippen LogP contribution >= 0.6 is 0 Å². The lowest BCUT2D eigenvalue weighted by atomic mass is 9.96. The molecule has 0 aliphatic heterocycles. The lowest BCUT2D eigenvalue weighted by Crippen LogP contribution is -2.54. The van der Waals surface area contributed by atoms with E-state index in [0.29, 0.717) is 0 Å². The molecule has 0 saturated heterocycles. The monoisotopic (exact) mass is 229 g/mol. The standard InChI is InChI=1S/C13H31N3/c1-12(2,3)16(13(4,5)6)11-10-15-9-8-14-7/h14-15H,8-11H2,1-7H3. The largest absolute Gasteiger partial charge is 0.318 e. The van der Waals surface area contributed by atoms with Gasteiger partial charge in [-0.25, -0.2) is 0 Å². The molecule has 0 spiro atoms. The molecule has 0 aliphatic carbocycles. The van der Waals surface area contributed by atoms with Crippen molar-refractivity contribution >= 4 is 0 Å². The summed E-state index contributed by atoms with van der Waals surface area (Å²) in [5, 5.41) is 6.60. The highest BCUT2D eigenvalue weighted by molar-refractivity contribution is 4.87. The topological polar surface area (TPSA) is 27.3 Å². The van der Waals surface area contributed by atoms with Crippen LogP contribution in [0.1, 0.15) is 41.5 Å². The van der Waals surface area contributed by atoms with E-state index in [9.17, 15) is 0 Å². The van der Waals surface area contributed by atoms with Crippen molar-refractivity contribution in [1.82, 2.24) is 15.5 Å². The van der Waals surface area contributed by atoms with Gasteiger partial charge in [0.15, 0.2) is 0 Å². The Morgan fingerprint density at radius 2 is 1.31 bits per heavy atom. The molecule has 0 aliphatic rings. The van der Waals surface area contributed by atoms with Crippen molar-refractivity contribution in [2.75, 3.05) is 33.2 Å². The second-order valence-corrected chi connectivity index (χ2v) is 6.35. The van der Waals surface area contributed by atoms with Crippen LogP contribution in [0.15, 0.2) is 0 Å². The Morgan fingerprint density at radius 1 is 0.812 bits per heavy atom. The zero-order valence-corrected chi connectivity index (χ0v) is 12.3. The predicted octanol–water partition coefficient (Wildman–Crippen LogP) is 1.69. The van der Waals surface area contributed by atoms with Gasteiger partial charge in [0.05, 0.1) is 0 Å². The highest BCUT2D eigenvalue weighted by atomic mass is 15.2. The quantitative estimate of drug-likeness (QED) is 0.679. The third-order valence-corrected chi connectivity index (χ3v) is 2.68. The third-order valence-electron chi connectivity index (χ3n) is 2.68. The molecule has 0 aromatic carbocycles. The van der Waals surface area contributed by atoms with Crippen LogP contribution in [-0.2, 0) is 0 Å². The van der Waals surface area contributed by atoms with Crippen LogP contribution < -0.4 is 10.6 Å². The maximum atomic E-state index is 3.46. The second-order valence-electron chi connectivity index (χ2n) is 6.35. The highest BCUT2D eigenvalue weighted by Gasteiger charge is 2.30. The van der Waals surface area contributed by atoms with Gasteiger partial charge < -0.3 is 10.6 Å². The first kappa shape index (κ1) is 15.9. The van der Waals surface area contributed by atoms with Crippen LogP contribution in [0.5, 0.6) is 0 Å². The van der Waals surface area contributed by atoms with Gasteiger partial charge in [-0.15, -0.1) is 0 Å². The summed E-state index contributed by atoms with van der Waals surface area (Å²) in [7, 11) is 1.98. The van der Waals surface area contributed by atoms with Crippen molar-refractivity contribution in [2.24, 2.45) is 0 Å². The van der Waals surface area contributed by atoms with Crippen molar-refractivity contribution < 1.29 is 0 Å². The minimum atomic E-state index is 0.225. The molecule has 0 fully saturated rings. The smallest absolute Gasteiger partial charge is 0.0130 e. The van der Waals surface area contributed by atoms with Crippen molar-refractivity contribution in [2.45, 2.75) is 52.6 Å². The summed E-state index contributed by atoms with van der Waals surface area (Å²) in [6.45, 7) is 17.9. The van der Waals surface area contributed by atoms with Crippen molar-refractivity contribution in [1.29, 1.82) is 0 Å². The number of rotatable bonds is 6. The highest BCUT2D eigenvalue weighted by Crippen LogP contribution is 2.23. The molecule has 3 heteroatoms. The molecule has 0 aromatic heterocycles. The molecule has 0 bridgehead atoms. The van der Waals surface area contributed by atoms with E-state index < -0.39 is 0 Å². The Morgan fingerprint density at radius 3 is 1.69 bits per heavy atom. The Balaban J connectivity index is 4.06. The first-order chi connectivity index (χ1) is 7.19. The molecule has 98 valence electrons. The van der Waals surface area contributed by atoms with Gasteiger partial charge in [0, 0.05) is 37.3 Å². The van der Waals surface area contributed by atoms with Gasteiger partial charge in [-0.3, -0.25) is 4.90 Å². The molecule has 0 heterocycles. The van der Waals surface area contributed by atoms with Gasteiger partial charge >= 0.3 is 0 Å². The van der Waals surface area contributed by atoms with Crippen LogP contribution in [0, 0.1) is 0 Å². The summed E-state index contributed by atoms with van der Waals surface area (Å²) in [5.41, 5.74) is 0.450. The summed E-state index contributed by atoms with van der Waals surface area (Å²) >= 11 is 0. The average Bonchev–Trinajstić information content (AvgIpc) is 2.06. The van der Waals surface area contributed by atoms with Gasteiger partial charge in [0.1, 0.15) is 0 Å². The summed E-state index contributed by atoms with van der Waals surface area (Å²) in [6, 6.07) is 0. The van der Waals surface area contributed by atoms with Crippen molar-refractivity contribution in [3.05, 3.63) is 0 Å². The molecule has 0 radical (unpaired) electrons. The molecule has 0 atom stereocenters. The zero-order chi connectivity index (χ0) is 12.8. The average molecular weight is 229 g/mol. The SMILES string of the molecule is CNCCNCCN(C(C)(C)C)C(C)(C)C. The maximum Gasteiger partial charge on any atom is 0.0130 e. The Hall–Kier alpha value is -0.120. The molecule has 0 saturated carbocycles. The summed E-state index contributed by atoms with van der Waals surface area (Å²) in [4.78, 5) is 2.55. The van der Waals surface area contributed by atoms with Gasteiger partial charge in [0.2, 0.25) is 0 Å². The minimum absolute atomic E-state index is 0.225. The van der Waals surface area contributed by atoms with E-state index in [1.807, 2.05) is 7.05 Å². The number of nitrogens with zero attached hydrogens (tertiary/aromatic N) is 1. The molecule has 16 heavy (non-hydrogen) atoms. The van der Waals surface area contributed by atoms with Crippen molar-refractivity contribution in [3.63, 3.8) is 0 Å². The number of hydrogen-bond acceptors (Lipinski definition) is 3. The molecule has 0 rings (SSSR count). The number of hydrogen-bond donors (Lipinski definition) is 2. The first-order valence-corrected chi connectivity index (χ1v) is 6.32. The van der Waals surface area contributed by atoms with Gasteiger partial charge in [-0.2, -0.15) is 0 Å². The summed E-state index contributed by atoms with van der Waals surface area (Å²) in [5.74, 6) is 0. The number of nitrogens with one attached hydrogen (secondary N) is 2. The zero-order valence-electron chi connectivity index (χ0n) is 12.3. The maximum absolute atomic E-state index is 3.46. The van der Waals surface area contributed by atoms with E-state index in [2.05, 4.69) is 57.1 Å². The lowest BCUT2D eigenvalue weighted by Gasteiger charge is -2.45. The molecule has 0 amide bonds. The molecule has 0 aromatic rings. The fourth-order valence-electron chi connectivity index (χ4n) is 2.21. The van der Waals surface area contributed by atoms with Crippen LogP contribution in [0.4, 0.5) is 0 Å². The van der Waals surface area contributed by atoms with E-state index >= 15 is 0 Å². The minimum Gasteiger partial charge on any atom is -0.318 e. The van der Waals surface area contributed by atoms with E-state index in [1.54, 1.807) is 0 Å². The van der Waals surface area contributed by atoms with Crippen LogP contribution in [0.2, 0.25) is 0 Å². The fraction of sp³-hybridized carbons (Fsp3) is 1.00. The summed E-state index contributed by atoms with van der Waals surface area (Å²) < 4.78 is 0. The van der Waals surface area contributed by atoms with E-state index in [1.165, 1.54) is 0 Å². The predicted molar refractivity (Wildman–Crippen MR) is 73.0 cm³/mol. The van der Waals surface area contributed by atoms with Crippen LogP contribution in [-0.4, -0.2) is 49.2 Å². The van der Waals surface area contributed by atoms with Gasteiger partial charge in [-0.1, -0.05) is 0 Å². The van der Waals surface area contributed by atoms with Crippen LogP contribution in [0.25, 0.3) is 0 Å². The Labute approximate surface area is 102 Å². The lowest BCUT2D eigenvalue weighted by molar-refractivity contribution is 0.0398. The molecule has 3 nitrogen and oxygen atoms in total. The first-order valence-electron chi connectivity index (χ1n) is 6.32. The fourth-order valence-corrected chi connectivity index (χ4v) is 2.21. The molecule has 2 N–H and O–H groups in total. The van der Waals surface area contributed by atoms with Gasteiger partial charge in [0.25, 0.3) is 0 Å². The van der Waals surface area contributed by atoms with Crippen LogP contribution in [0.3, 0.4) is 0 Å². The molecule has 0 unspecified atom stereocenters. The molecular formula is C13H31N3. The van der Waals surface area contributed by atoms with Crippen molar-refractivity contribution in [3.8, 4) is 0 Å². The summed E-state index contributed by atoms with van der Waals surface area (Å²) in [6.07, 6.45) is 0. The van der Waals surface area contributed by atoms with Gasteiger partial charge in [-0.05, 0) is 48.6 Å². The Kier molecular flexibility index (Phi) is 6.53. The van der Waals surface area contributed by atoms with E-state index in [4.69, 9.17) is 0 Å². The second kappa shape index (κ2) is 6.58. The third kappa shape index (κ3) is 6.46. The molecular weight excluding hydrogens is 198 g/mol. The Bertz CT molecular complexity index is 163. The normalized spacial score (nSPS) is 13.5.